The number of anilines is 1. The Morgan fingerprint density at radius 1 is 1.22 bits per heavy atom. The summed E-state index contributed by atoms with van der Waals surface area (Å²) in [6.07, 6.45) is -8.92. The summed E-state index contributed by atoms with van der Waals surface area (Å²) in [5.74, 6) is 0. The summed E-state index contributed by atoms with van der Waals surface area (Å²) in [5, 5.41) is 12.2. The molecule has 1 aliphatic rings. The van der Waals surface area contributed by atoms with E-state index >= 15 is 0 Å². The lowest BCUT2D eigenvalue weighted by atomic mass is 9.91. The van der Waals surface area contributed by atoms with Crippen LogP contribution in [0.15, 0.2) is 18.2 Å². The van der Waals surface area contributed by atoms with E-state index < -0.39 is 23.8 Å². The maximum Gasteiger partial charge on any atom is 0.427 e. The number of fused-ring (bicyclic) bond motifs is 1. The molecular formula is C11H10F5NO. The van der Waals surface area contributed by atoms with Gasteiger partial charge in [-0.3, -0.25) is 0 Å². The zero-order valence-corrected chi connectivity index (χ0v) is 9.06. The maximum absolute atomic E-state index is 12.6. The lowest BCUT2D eigenvalue weighted by molar-refractivity contribution is -0.305. The predicted molar refractivity (Wildman–Crippen MR) is 54.6 cm³/mol. The van der Waals surface area contributed by atoms with E-state index in [9.17, 15) is 27.1 Å². The number of aliphatic hydroxyl groups is 1. The molecule has 1 heterocycles. The Bertz CT molecular complexity index is 459. The fourth-order valence-electron chi connectivity index (χ4n) is 1.96. The van der Waals surface area contributed by atoms with Gasteiger partial charge in [0.25, 0.3) is 6.43 Å². The number of alkyl halides is 5. The molecule has 0 bridgehead atoms. The second-order valence-electron chi connectivity index (χ2n) is 4.11. The van der Waals surface area contributed by atoms with Gasteiger partial charge in [-0.05, 0) is 23.6 Å². The average Bonchev–Trinajstić information content (AvgIpc) is 2.72. The van der Waals surface area contributed by atoms with Crippen molar-refractivity contribution in [2.24, 2.45) is 0 Å². The zero-order valence-electron chi connectivity index (χ0n) is 9.06. The number of hydrogen-bond acceptors (Lipinski definition) is 2. The molecule has 0 aliphatic carbocycles. The monoisotopic (exact) mass is 267 g/mol. The average molecular weight is 267 g/mol. The van der Waals surface area contributed by atoms with Gasteiger partial charge in [0.15, 0.2) is 0 Å². The first-order valence-corrected chi connectivity index (χ1v) is 5.21. The summed E-state index contributed by atoms with van der Waals surface area (Å²) in [6, 6.07) is 3.13. The van der Waals surface area contributed by atoms with E-state index in [1.54, 1.807) is 0 Å². The third-order valence-electron chi connectivity index (χ3n) is 3.00. The van der Waals surface area contributed by atoms with E-state index in [4.69, 9.17) is 0 Å². The minimum absolute atomic E-state index is 0.445. The van der Waals surface area contributed by atoms with Crippen LogP contribution in [0.4, 0.5) is 27.6 Å². The van der Waals surface area contributed by atoms with Gasteiger partial charge < -0.3 is 10.4 Å². The van der Waals surface area contributed by atoms with Crippen LogP contribution in [-0.4, -0.2) is 24.3 Å². The second-order valence-corrected chi connectivity index (χ2v) is 4.11. The molecule has 2 nitrogen and oxygen atoms in total. The minimum Gasteiger partial charge on any atom is -0.384 e. The van der Waals surface area contributed by atoms with Crippen LogP contribution in [0, 0.1) is 0 Å². The van der Waals surface area contributed by atoms with Gasteiger partial charge in [0, 0.05) is 12.2 Å². The number of halogens is 5. The Labute approximate surface area is 99.4 Å². The van der Waals surface area contributed by atoms with Crippen molar-refractivity contribution in [3.05, 3.63) is 29.3 Å². The fourth-order valence-corrected chi connectivity index (χ4v) is 1.96. The molecule has 0 saturated heterocycles. The highest BCUT2D eigenvalue weighted by molar-refractivity contribution is 5.57. The topological polar surface area (TPSA) is 32.3 Å². The Hall–Kier alpha value is -1.37. The molecule has 100 valence electrons. The van der Waals surface area contributed by atoms with Gasteiger partial charge >= 0.3 is 6.18 Å². The molecule has 1 aliphatic heterocycles. The molecule has 1 aromatic rings. The molecule has 1 atom stereocenters. The molecule has 2 rings (SSSR count). The van der Waals surface area contributed by atoms with Crippen LogP contribution in [0.1, 0.15) is 11.1 Å². The predicted octanol–water partition coefficient (Wildman–Crippen LogP) is 2.67. The maximum atomic E-state index is 12.6. The molecule has 18 heavy (non-hydrogen) atoms. The first-order valence-electron chi connectivity index (χ1n) is 5.21. The molecule has 0 saturated carbocycles. The van der Waals surface area contributed by atoms with Gasteiger partial charge in [0.05, 0.1) is 0 Å². The van der Waals surface area contributed by atoms with Crippen molar-refractivity contribution in [2.45, 2.75) is 24.6 Å². The van der Waals surface area contributed by atoms with Crippen LogP contribution in [0.5, 0.6) is 0 Å². The van der Waals surface area contributed by atoms with E-state index in [2.05, 4.69) is 5.32 Å². The van der Waals surface area contributed by atoms with Crippen molar-refractivity contribution in [3.8, 4) is 0 Å². The summed E-state index contributed by atoms with van der Waals surface area (Å²) in [7, 11) is 0. The van der Waals surface area contributed by atoms with Crippen LogP contribution in [-0.2, 0) is 12.0 Å². The first kappa shape index (κ1) is 13.1. The number of nitrogens with one attached hydrogen (secondary N) is 1. The van der Waals surface area contributed by atoms with E-state index in [0.717, 1.165) is 12.1 Å². The Morgan fingerprint density at radius 3 is 2.44 bits per heavy atom. The first-order chi connectivity index (χ1) is 8.26. The number of benzene rings is 1. The van der Waals surface area contributed by atoms with Crippen molar-refractivity contribution in [1.29, 1.82) is 0 Å². The minimum atomic E-state index is -5.43. The van der Waals surface area contributed by atoms with Gasteiger partial charge in [-0.2, -0.15) is 13.2 Å². The zero-order chi connectivity index (χ0) is 13.6. The van der Waals surface area contributed by atoms with Crippen LogP contribution < -0.4 is 5.32 Å². The Balaban J connectivity index is 2.50. The van der Waals surface area contributed by atoms with Gasteiger partial charge in [0.2, 0.25) is 5.60 Å². The Kier molecular flexibility index (Phi) is 2.96. The van der Waals surface area contributed by atoms with Crippen molar-refractivity contribution < 1.29 is 27.1 Å². The summed E-state index contributed by atoms with van der Waals surface area (Å²) < 4.78 is 63.2. The van der Waals surface area contributed by atoms with Crippen LogP contribution in [0.3, 0.4) is 0 Å². The standard InChI is InChI=1S/C11H10F5NO/c12-9(13)10(18,11(14,15)16)7-1-2-8-6(5-7)3-4-17-8/h1-2,5,9,17-18H,3-4H2. The Morgan fingerprint density at radius 2 is 1.89 bits per heavy atom. The molecule has 2 N–H and O–H groups in total. The van der Waals surface area contributed by atoms with E-state index in [1.165, 1.54) is 6.07 Å². The van der Waals surface area contributed by atoms with Gasteiger partial charge in [0.1, 0.15) is 0 Å². The van der Waals surface area contributed by atoms with Gasteiger partial charge in [-0.25, -0.2) is 8.78 Å². The highest BCUT2D eigenvalue weighted by Crippen LogP contribution is 2.44. The lowest BCUT2D eigenvalue weighted by Crippen LogP contribution is -2.48. The van der Waals surface area contributed by atoms with Gasteiger partial charge in [-0.15, -0.1) is 0 Å². The van der Waals surface area contributed by atoms with Crippen molar-refractivity contribution >= 4 is 5.69 Å². The van der Waals surface area contributed by atoms with Crippen molar-refractivity contribution in [2.75, 3.05) is 11.9 Å². The highest BCUT2D eigenvalue weighted by Gasteiger charge is 2.61. The molecule has 0 spiro atoms. The number of rotatable bonds is 2. The van der Waals surface area contributed by atoms with Crippen LogP contribution in [0.2, 0.25) is 0 Å². The smallest absolute Gasteiger partial charge is 0.384 e. The van der Waals surface area contributed by atoms with Gasteiger partial charge in [-0.1, -0.05) is 12.1 Å². The third-order valence-corrected chi connectivity index (χ3v) is 3.00. The van der Waals surface area contributed by atoms with Crippen molar-refractivity contribution in [1.82, 2.24) is 0 Å². The van der Waals surface area contributed by atoms with E-state index in [1.807, 2.05) is 0 Å². The van der Waals surface area contributed by atoms with Crippen LogP contribution in [0.25, 0.3) is 0 Å². The molecule has 7 heteroatoms. The summed E-state index contributed by atoms with van der Waals surface area (Å²) in [6.45, 7) is 0.540. The molecule has 0 radical (unpaired) electrons. The SMILES string of the molecule is OC(c1ccc2c(c1)CCN2)(C(F)F)C(F)(F)F. The van der Waals surface area contributed by atoms with Crippen molar-refractivity contribution in [3.63, 3.8) is 0 Å². The normalized spacial score (nSPS) is 18.4. The molecule has 0 aromatic heterocycles. The van der Waals surface area contributed by atoms with E-state index in [-0.39, 0.29) is 0 Å². The summed E-state index contributed by atoms with van der Waals surface area (Å²) in [4.78, 5) is 0. The number of hydrogen-bond donors (Lipinski definition) is 2. The molecular weight excluding hydrogens is 257 g/mol. The molecule has 0 fully saturated rings. The van der Waals surface area contributed by atoms with Crippen LogP contribution >= 0.6 is 0 Å². The molecule has 1 aromatic carbocycles. The largest absolute Gasteiger partial charge is 0.427 e. The summed E-state index contributed by atoms with van der Waals surface area (Å²) >= 11 is 0. The lowest BCUT2D eigenvalue weighted by Gasteiger charge is -2.30. The molecule has 0 amide bonds. The van der Waals surface area contributed by atoms with E-state index in [0.29, 0.717) is 24.2 Å². The quantitative estimate of drug-likeness (QED) is 0.807. The fraction of sp³-hybridized carbons (Fsp3) is 0.455. The second kappa shape index (κ2) is 4.08. The highest BCUT2D eigenvalue weighted by atomic mass is 19.4. The summed E-state index contributed by atoms with van der Waals surface area (Å²) in [5.41, 5.74) is -3.84. The molecule has 1 unspecified atom stereocenters. The third kappa shape index (κ3) is 1.82.